The van der Waals surface area contributed by atoms with E-state index in [-0.39, 0.29) is 5.78 Å². The second kappa shape index (κ2) is 6.16. The summed E-state index contributed by atoms with van der Waals surface area (Å²) in [5.74, 6) is 1.15. The Morgan fingerprint density at radius 1 is 1.48 bits per heavy atom. The fourth-order valence-electron chi connectivity index (χ4n) is 3.31. The summed E-state index contributed by atoms with van der Waals surface area (Å²) in [7, 11) is 4.22. The summed E-state index contributed by atoms with van der Waals surface area (Å²) in [4.78, 5) is 17.0. The molecule has 0 aliphatic carbocycles. The van der Waals surface area contributed by atoms with Crippen LogP contribution in [0.25, 0.3) is 0 Å². The maximum absolute atomic E-state index is 12.5. The van der Waals surface area contributed by atoms with Gasteiger partial charge in [-0.15, -0.1) is 0 Å². The predicted octanol–water partition coefficient (Wildman–Crippen LogP) is 1.83. The van der Waals surface area contributed by atoms with Crippen molar-refractivity contribution in [3.05, 3.63) is 29.3 Å². The summed E-state index contributed by atoms with van der Waals surface area (Å²) >= 11 is 0. The fraction of sp³-hybridized carbons (Fsp3) is 0.588. The topological polar surface area (TPSA) is 32.8 Å². The predicted molar refractivity (Wildman–Crippen MR) is 83.1 cm³/mol. The molecular weight excluding hydrogens is 264 g/mol. The normalized spacial score (nSPS) is 22.1. The number of likely N-dealkylation sites (N-methyl/N-ethyl adjacent to an activating group) is 2. The SMILES string of the molecule is CN1CCCC(N(C)CC(=O)c2ccc3c(c2)CCO3)C1. The lowest BCUT2D eigenvalue weighted by atomic mass is 10.0. The van der Waals surface area contributed by atoms with Crippen LogP contribution in [-0.2, 0) is 6.42 Å². The molecule has 0 bridgehead atoms. The Hall–Kier alpha value is -1.39. The van der Waals surface area contributed by atoms with Crippen LogP contribution in [-0.4, -0.2) is 62.0 Å². The molecule has 1 unspecified atom stereocenters. The molecule has 21 heavy (non-hydrogen) atoms. The minimum atomic E-state index is 0.209. The Bertz CT molecular complexity index is 530. The Morgan fingerprint density at radius 3 is 3.14 bits per heavy atom. The van der Waals surface area contributed by atoms with E-state index < -0.39 is 0 Å². The number of ketones is 1. The third-order valence-electron chi connectivity index (χ3n) is 4.63. The first-order chi connectivity index (χ1) is 10.1. The summed E-state index contributed by atoms with van der Waals surface area (Å²) < 4.78 is 5.49. The second-order valence-corrected chi connectivity index (χ2v) is 6.32. The van der Waals surface area contributed by atoms with Crippen molar-refractivity contribution in [3.63, 3.8) is 0 Å². The third kappa shape index (κ3) is 3.27. The van der Waals surface area contributed by atoms with Gasteiger partial charge in [0.2, 0.25) is 0 Å². The van der Waals surface area contributed by atoms with E-state index in [1.54, 1.807) is 0 Å². The summed E-state index contributed by atoms with van der Waals surface area (Å²) in [5, 5.41) is 0. The van der Waals surface area contributed by atoms with E-state index in [2.05, 4.69) is 23.9 Å². The quantitative estimate of drug-likeness (QED) is 0.791. The smallest absolute Gasteiger partial charge is 0.176 e. The molecule has 3 rings (SSSR count). The number of carbonyl (C=O) groups excluding carboxylic acids is 1. The Balaban J connectivity index is 1.63. The minimum Gasteiger partial charge on any atom is -0.493 e. The summed E-state index contributed by atoms with van der Waals surface area (Å²) in [6, 6.07) is 6.33. The molecule has 2 heterocycles. The van der Waals surface area contributed by atoms with Gasteiger partial charge >= 0.3 is 0 Å². The van der Waals surface area contributed by atoms with Gasteiger partial charge in [0.15, 0.2) is 5.78 Å². The zero-order chi connectivity index (χ0) is 14.8. The van der Waals surface area contributed by atoms with Crippen LogP contribution in [0, 0.1) is 0 Å². The van der Waals surface area contributed by atoms with Gasteiger partial charge in [0.1, 0.15) is 5.75 Å². The first-order valence-electron chi connectivity index (χ1n) is 7.81. The zero-order valence-corrected chi connectivity index (χ0v) is 13.0. The molecule has 2 aliphatic heterocycles. The number of hydrogen-bond acceptors (Lipinski definition) is 4. The van der Waals surface area contributed by atoms with E-state index in [0.29, 0.717) is 12.6 Å². The standard InChI is InChI=1S/C17H24N2O2/c1-18-8-3-4-15(11-18)19(2)12-16(20)13-5-6-17-14(10-13)7-9-21-17/h5-6,10,15H,3-4,7-9,11-12H2,1-2H3. The van der Waals surface area contributed by atoms with Crippen molar-refractivity contribution < 1.29 is 9.53 Å². The lowest BCUT2D eigenvalue weighted by Gasteiger charge is -2.35. The Labute approximate surface area is 126 Å². The maximum Gasteiger partial charge on any atom is 0.176 e. The molecule has 1 saturated heterocycles. The van der Waals surface area contributed by atoms with Crippen molar-refractivity contribution in [2.24, 2.45) is 0 Å². The van der Waals surface area contributed by atoms with E-state index in [9.17, 15) is 4.79 Å². The van der Waals surface area contributed by atoms with Crippen molar-refractivity contribution in [2.45, 2.75) is 25.3 Å². The molecule has 0 N–H and O–H groups in total. The highest BCUT2D eigenvalue weighted by atomic mass is 16.5. The van der Waals surface area contributed by atoms with E-state index in [4.69, 9.17) is 4.74 Å². The van der Waals surface area contributed by atoms with E-state index >= 15 is 0 Å². The number of carbonyl (C=O) groups is 1. The number of benzene rings is 1. The van der Waals surface area contributed by atoms with Gasteiger partial charge in [-0.3, -0.25) is 9.69 Å². The van der Waals surface area contributed by atoms with Crippen LogP contribution in [0.15, 0.2) is 18.2 Å². The molecule has 114 valence electrons. The highest BCUT2D eigenvalue weighted by Crippen LogP contribution is 2.26. The fourth-order valence-corrected chi connectivity index (χ4v) is 3.31. The molecule has 0 amide bonds. The molecule has 1 atom stereocenters. The number of likely N-dealkylation sites (tertiary alicyclic amines) is 1. The molecule has 0 radical (unpaired) electrons. The molecule has 0 saturated carbocycles. The van der Waals surface area contributed by atoms with Crippen molar-refractivity contribution in [3.8, 4) is 5.75 Å². The van der Waals surface area contributed by atoms with Crippen LogP contribution >= 0.6 is 0 Å². The monoisotopic (exact) mass is 288 g/mol. The Morgan fingerprint density at radius 2 is 2.33 bits per heavy atom. The van der Waals surface area contributed by atoms with Crippen molar-refractivity contribution in [1.82, 2.24) is 9.80 Å². The van der Waals surface area contributed by atoms with E-state index in [1.165, 1.54) is 24.9 Å². The van der Waals surface area contributed by atoms with Gasteiger partial charge in [-0.05, 0) is 57.2 Å². The van der Waals surface area contributed by atoms with Crippen molar-refractivity contribution in [1.29, 1.82) is 0 Å². The van der Waals surface area contributed by atoms with Gasteiger partial charge in [0.25, 0.3) is 0 Å². The van der Waals surface area contributed by atoms with Crippen LogP contribution < -0.4 is 4.74 Å². The van der Waals surface area contributed by atoms with Gasteiger partial charge in [-0.25, -0.2) is 0 Å². The molecule has 1 aromatic carbocycles. The average molecular weight is 288 g/mol. The van der Waals surface area contributed by atoms with Crippen molar-refractivity contribution in [2.75, 3.05) is 40.3 Å². The average Bonchev–Trinajstić information content (AvgIpc) is 2.94. The molecule has 1 aromatic rings. The minimum absolute atomic E-state index is 0.209. The summed E-state index contributed by atoms with van der Waals surface area (Å²) in [6.07, 6.45) is 3.32. The van der Waals surface area contributed by atoms with Crippen LogP contribution in [0.4, 0.5) is 0 Å². The van der Waals surface area contributed by atoms with Crippen LogP contribution in [0.3, 0.4) is 0 Å². The van der Waals surface area contributed by atoms with Gasteiger partial charge in [-0.2, -0.15) is 0 Å². The lowest BCUT2D eigenvalue weighted by Crippen LogP contribution is -2.46. The maximum atomic E-state index is 12.5. The first kappa shape index (κ1) is 14.5. The van der Waals surface area contributed by atoms with Gasteiger partial charge in [0, 0.05) is 24.6 Å². The highest BCUT2D eigenvalue weighted by molar-refractivity contribution is 5.98. The molecule has 2 aliphatic rings. The number of fused-ring (bicyclic) bond motifs is 1. The number of hydrogen-bond donors (Lipinski definition) is 0. The lowest BCUT2D eigenvalue weighted by molar-refractivity contribution is 0.0857. The first-order valence-corrected chi connectivity index (χ1v) is 7.81. The molecule has 4 heteroatoms. The third-order valence-corrected chi connectivity index (χ3v) is 4.63. The van der Waals surface area contributed by atoms with Crippen LogP contribution in [0.1, 0.15) is 28.8 Å². The van der Waals surface area contributed by atoms with Gasteiger partial charge < -0.3 is 9.64 Å². The number of Topliss-reactive ketones (excluding diaryl/α,β-unsaturated/α-hetero) is 1. The van der Waals surface area contributed by atoms with Crippen molar-refractivity contribution >= 4 is 5.78 Å². The number of rotatable bonds is 4. The second-order valence-electron chi connectivity index (χ2n) is 6.32. The number of nitrogens with zero attached hydrogens (tertiary/aromatic N) is 2. The number of piperidine rings is 1. The van der Waals surface area contributed by atoms with E-state index in [1.807, 2.05) is 18.2 Å². The largest absolute Gasteiger partial charge is 0.493 e. The molecule has 0 aromatic heterocycles. The van der Waals surface area contributed by atoms with Crippen LogP contribution in [0.5, 0.6) is 5.75 Å². The van der Waals surface area contributed by atoms with Crippen LogP contribution in [0.2, 0.25) is 0 Å². The van der Waals surface area contributed by atoms with E-state index in [0.717, 1.165) is 30.9 Å². The molecular formula is C17H24N2O2. The Kier molecular flexibility index (Phi) is 4.27. The number of ether oxygens (including phenoxy) is 1. The van der Waals surface area contributed by atoms with Gasteiger partial charge in [-0.1, -0.05) is 0 Å². The highest BCUT2D eigenvalue weighted by Gasteiger charge is 2.23. The summed E-state index contributed by atoms with van der Waals surface area (Å²) in [6.45, 7) is 3.46. The zero-order valence-electron chi connectivity index (χ0n) is 13.0. The molecule has 4 nitrogen and oxygen atoms in total. The molecule has 0 spiro atoms. The molecule has 1 fully saturated rings. The van der Waals surface area contributed by atoms with Gasteiger partial charge in [0.05, 0.1) is 13.2 Å². The summed E-state index contributed by atoms with van der Waals surface area (Å²) in [5.41, 5.74) is 1.98.